The lowest BCUT2D eigenvalue weighted by atomic mass is 9.79. The number of fused-ring (bicyclic) bond motifs is 1. The SMILES string of the molecule is Cc1cc(-c2nc(-c3ccc4c(c3)CN(C3CC(C(=O)O)C3)C4)no2)cc(C)c1-c1ccccc1F. The van der Waals surface area contributed by atoms with Gasteiger partial charge in [-0.1, -0.05) is 35.5 Å². The van der Waals surface area contributed by atoms with Gasteiger partial charge in [-0.15, -0.1) is 0 Å². The number of nitrogens with zero attached hydrogens (tertiary/aromatic N) is 3. The number of hydrogen-bond donors (Lipinski definition) is 1. The Morgan fingerprint density at radius 2 is 1.72 bits per heavy atom. The Morgan fingerprint density at radius 3 is 2.44 bits per heavy atom. The van der Waals surface area contributed by atoms with Crippen LogP contribution in [0.5, 0.6) is 0 Å². The first-order valence-electron chi connectivity index (χ1n) is 12.2. The zero-order valence-electron chi connectivity index (χ0n) is 20.2. The van der Waals surface area contributed by atoms with Crippen LogP contribution in [-0.2, 0) is 17.9 Å². The van der Waals surface area contributed by atoms with Gasteiger partial charge in [0.1, 0.15) is 5.82 Å². The standard InChI is InChI=1S/C29H26FN3O3/c1-16-9-20(10-17(2)26(16)24-5-3-4-6-25(24)30)28-31-27(32-36-28)18-7-8-19-14-33(15-22(19)11-18)23-12-21(13-23)29(34)35/h3-11,21,23H,12-15H2,1-2H3,(H,34,35). The van der Waals surface area contributed by atoms with Crippen LogP contribution in [0.15, 0.2) is 59.1 Å². The number of carboxylic acids is 1. The monoisotopic (exact) mass is 483 g/mol. The first-order chi connectivity index (χ1) is 17.4. The van der Waals surface area contributed by atoms with Gasteiger partial charge in [0.15, 0.2) is 0 Å². The lowest BCUT2D eigenvalue weighted by Crippen LogP contribution is -2.44. The van der Waals surface area contributed by atoms with E-state index in [1.807, 2.05) is 38.1 Å². The molecule has 0 atom stereocenters. The molecule has 182 valence electrons. The molecule has 6 nitrogen and oxygen atoms in total. The maximum absolute atomic E-state index is 14.4. The molecule has 1 aliphatic carbocycles. The number of carboxylic acid groups (broad SMARTS) is 1. The number of hydrogen-bond acceptors (Lipinski definition) is 5. The van der Waals surface area contributed by atoms with Crippen LogP contribution in [0.2, 0.25) is 0 Å². The van der Waals surface area contributed by atoms with Crippen molar-refractivity contribution in [1.29, 1.82) is 0 Å². The van der Waals surface area contributed by atoms with E-state index >= 15 is 0 Å². The molecule has 1 N–H and O–H groups in total. The van der Waals surface area contributed by atoms with Crippen molar-refractivity contribution < 1.29 is 18.8 Å². The quantitative estimate of drug-likeness (QED) is 0.375. The molecule has 0 saturated heterocycles. The molecule has 0 amide bonds. The normalized spacial score (nSPS) is 19.2. The van der Waals surface area contributed by atoms with Crippen molar-refractivity contribution in [3.05, 3.63) is 82.7 Å². The maximum atomic E-state index is 14.4. The van der Waals surface area contributed by atoms with Gasteiger partial charge in [0.2, 0.25) is 5.82 Å². The molecule has 6 rings (SSSR count). The van der Waals surface area contributed by atoms with E-state index in [0.29, 0.717) is 23.3 Å². The third kappa shape index (κ3) is 3.89. The first-order valence-corrected chi connectivity index (χ1v) is 12.2. The van der Waals surface area contributed by atoms with Gasteiger partial charge in [-0.05, 0) is 78.8 Å². The molecule has 36 heavy (non-hydrogen) atoms. The average molecular weight is 484 g/mol. The fourth-order valence-corrected chi connectivity index (χ4v) is 5.54. The van der Waals surface area contributed by atoms with Crippen molar-refractivity contribution in [1.82, 2.24) is 15.0 Å². The van der Waals surface area contributed by atoms with E-state index in [-0.39, 0.29) is 11.7 Å². The van der Waals surface area contributed by atoms with E-state index in [1.54, 1.807) is 12.1 Å². The highest BCUT2D eigenvalue weighted by Crippen LogP contribution is 2.38. The van der Waals surface area contributed by atoms with E-state index in [1.165, 1.54) is 17.2 Å². The summed E-state index contributed by atoms with van der Waals surface area (Å²) in [6.45, 7) is 5.57. The number of aromatic nitrogens is 2. The van der Waals surface area contributed by atoms with Gasteiger partial charge >= 0.3 is 5.97 Å². The molecular formula is C29H26FN3O3. The summed E-state index contributed by atoms with van der Waals surface area (Å²) >= 11 is 0. The van der Waals surface area contributed by atoms with Crippen molar-refractivity contribution in [3.63, 3.8) is 0 Å². The molecule has 0 radical (unpaired) electrons. The van der Waals surface area contributed by atoms with Crippen LogP contribution in [0.3, 0.4) is 0 Å². The molecule has 3 aromatic carbocycles. The molecule has 1 aromatic heterocycles. The van der Waals surface area contributed by atoms with Crippen LogP contribution in [0.25, 0.3) is 34.0 Å². The highest BCUT2D eigenvalue weighted by molar-refractivity contribution is 5.75. The summed E-state index contributed by atoms with van der Waals surface area (Å²) in [5, 5.41) is 13.4. The van der Waals surface area contributed by atoms with Gasteiger partial charge in [-0.25, -0.2) is 4.39 Å². The Kier molecular flexibility index (Phi) is 5.45. The average Bonchev–Trinajstić information content (AvgIpc) is 3.45. The second-order valence-corrected chi connectivity index (χ2v) is 9.94. The minimum Gasteiger partial charge on any atom is -0.481 e. The first kappa shape index (κ1) is 22.6. The van der Waals surface area contributed by atoms with Gasteiger partial charge in [0.25, 0.3) is 5.89 Å². The predicted molar refractivity (Wildman–Crippen MR) is 133 cm³/mol. The Hall–Kier alpha value is -3.84. The molecule has 1 aliphatic heterocycles. The minimum absolute atomic E-state index is 0.208. The lowest BCUT2D eigenvalue weighted by molar-refractivity contribution is -0.147. The van der Waals surface area contributed by atoms with Crippen molar-refractivity contribution in [3.8, 4) is 34.0 Å². The van der Waals surface area contributed by atoms with Crippen LogP contribution in [0.4, 0.5) is 4.39 Å². The summed E-state index contributed by atoms with van der Waals surface area (Å²) in [5.41, 5.74) is 7.50. The Morgan fingerprint density at radius 1 is 1.00 bits per heavy atom. The van der Waals surface area contributed by atoms with Gasteiger partial charge in [-0.2, -0.15) is 4.98 Å². The molecule has 0 bridgehead atoms. The molecular weight excluding hydrogens is 457 g/mol. The molecule has 2 heterocycles. The Balaban J connectivity index is 1.23. The number of aryl methyl sites for hydroxylation is 2. The topological polar surface area (TPSA) is 79.5 Å². The number of aliphatic carboxylic acids is 1. The fourth-order valence-electron chi connectivity index (χ4n) is 5.54. The summed E-state index contributed by atoms with van der Waals surface area (Å²) in [7, 11) is 0. The summed E-state index contributed by atoms with van der Waals surface area (Å²) in [4.78, 5) is 18.2. The third-order valence-electron chi connectivity index (χ3n) is 7.54. The number of halogens is 1. The van der Waals surface area contributed by atoms with Crippen molar-refractivity contribution in [2.24, 2.45) is 5.92 Å². The molecule has 0 unspecified atom stereocenters. The third-order valence-corrected chi connectivity index (χ3v) is 7.54. The summed E-state index contributed by atoms with van der Waals surface area (Å²) in [6, 6.07) is 17.3. The van der Waals surface area contributed by atoms with E-state index in [2.05, 4.69) is 27.2 Å². The van der Waals surface area contributed by atoms with Gasteiger partial charge in [0, 0.05) is 35.8 Å². The van der Waals surface area contributed by atoms with Crippen LogP contribution in [0, 0.1) is 25.6 Å². The van der Waals surface area contributed by atoms with Gasteiger partial charge in [-0.3, -0.25) is 9.69 Å². The molecule has 4 aromatic rings. The van der Waals surface area contributed by atoms with Crippen LogP contribution >= 0.6 is 0 Å². The fraction of sp³-hybridized carbons (Fsp3) is 0.276. The van der Waals surface area contributed by atoms with E-state index in [0.717, 1.165) is 53.7 Å². The molecule has 7 heteroatoms. The molecule has 2 aliphatic rings. The second kappa shape index (κ2) is 8.68. The summed E-state index contributed by atoms with van der Waals surface area (Å²) < 4.78 is 20.0. The number of benzene rings is 3. The van der Waals surface area contributed by atoms with E-state index < -0.39 is 5.97 Å². The molecule has 1 fully saturated rings. The smallest absolute Gasteiger partial charge is 0.306 e. The Bertz CT molecular complexity index is 1470. The van der Waals surface area contributed by atoms with Crippen LogP contribution in [0.1, 0.15) is 35.1 Å². The van der Waals surface area contributed by atoms with Crippen LogP contribution < -0.4 is 0 Å². The van der Waals surface area contributed by atoms with Crippen molar-refractivity contribution >= 4 is 5.97 Å². The zero-order valence-corrected chi connectivity index (χ0v) is 20.2. The van der Waals surface area contributed by atoms with Crippen molar-refractivity contribution in [2.45, 2.75) is 45.8 Å². The Labute approximate surface area is 208 Å². The second-order valence-electron chi connectivity index (χ2n) is 9.94. The highest BCUT2D eigenvalue weighted by atomic mass is 19.1. The molecule has 1 saturated carbocycles. The predicted octanol–water partition coefficient (Wildman–Crippen LogP) is 6.01. The largest absolute Gasteiger partial charge is 0.481 e. The number of carbonyl (C=O) groups is 1. The lowest BCUT2D eigenvalue weighted by Gasteiger charge is -2.39. The highest BCUT2D eigenvalue weighted by Gasteiger charge is 2.39. The summed E-state index contributed by atoms with van der Waals surface area (Å²) in [5.74, 6) is -0.196. The van der Waals surface area contributed by atoms with E-state index in [9.17, 15) is 9.18 Å². The zero-order chi connectivity index (χ0) is 25.0. The minimum atomic E-state index is -0.689. The number of rotatable bonds is 5. The van der Waals surface area contributed by atoms with Gasteiger partial charge in [0.05, 0.1) is 5.92 Å². The summed E-state index contributed by atoms with van der Waals surface area (Å²) in [6.07, 6.45) is 1.44. The maximum Gasteiger partial charge on any atom is 0.306 e. The van der Waals surface area contributed by atoms with Crippen molar-refractivity contribution in [2.75, 3.05) is 0 Å². The van der Waals surface area contributed by atoms with Gasteiger partial charge < -0.3 is 9.63 Å². The molecule has 0 spiro atoms. The van der Waals surface area contributed by atoms with E-state index in [4.69, 9.17) is 9.63 Å². The van der Waals surface area contributed by atoms with Crippen LogP contribution in [-0.4, -0.2) is 32.2 Å².